The highest BCUT2D eigenvalue weighted by Gasteiger charge is 2.13. The predicted octanol–water partition coefficient (Wildman–Crippen LogP) is 2.61. The Morgan fingerprint density at radius 1 is 1.40 bits per heavy atom. The second-order valence-corrected chi connectivity index (χ2v) is 3.97. The molecular weight excluding hydrogens is 190 g/mol. The highest BCUT2D eigenvalue weighted by atomic mass is 16.5. The number of hydrogen-bond donors (Lipinski definition) is 2. The molecule has 15 heavy (non-hydrogen) atoms. The maximum absolute atomic E-state index is 8.79. The third kappa shape index (κ3) is 2.49. The van der Waals surface area contributed by atoms with Crippen LogP contribution < -0.4 is 10.2 Å². The van der Waals surface area contributed by atoms with Gasteiger partial charge < -0.3 is 9.94 Å². The fraction of sp³-hybridized carbons (Fsp3) is 0.500. The Balaban J connectivity index is 3.26. The van der Waals surface area contributed by atoms with Gasteiger partial charge >= 0.3 is 0 Å². The maximum atomic E-state index is 8.79. The van der Waals surface area contributed by atoms with Crippen molar-refractivity contribution in [1.29, 1.82) is 0 Å². The third-order valence-corrected chi connectivity index (χ3v) is 2.61. The van der Waals surface area contributed by atoms with E-state index >= 15 is 0 Å². The zero-order valence-corrected chi connectivity index (χ0v) is 9.79. The van der Waals surface area contributed by atoms with Gasteiger partial charge in [0.25, 0.3) is 0 Å². The highest BCUT2D eigenvalue weighted by Crippen LogP contribution is 2.31. The SMILES string of the molecule is COc1c(C(C)C)ccc(C)c1CNO. The van der Waals surface area contributed by atoms with E-state index < -0.39 is 0 Å². The summed E-state index contributed by atoms with van der Waals surface area (Å²) in [6.45, 7) is 6.68. The molecule has 3 nitrogen and oxygen atoms in total. The minimum Gasteiger partial charge on any atom is -0.496 e. The zero-order chi connectivity index (χ0) is 11.4. The van der Waals surface area contributed by atoms with E-state index in [1.165, 1.54) is 5.56 Å². The number of hydroxylamine groups is 1. The Bertz CT molecular complexity index is 335. The molecule has 0 aromatic heterocycles. The average molecular weight is 209 g/mol. The first-order chi connectivity index (χ1) is 7.11. The van der Waals surface area contributed by atoms with Crippen molar-refractivity contribution in [2.45, 2.75) is 33.2 Å². The molecule has 0 aliphatic carbocycles. The van der Waals surface area contributed by atoms with Gasteiger partial charge in [-0.25, -0.2) is 5.48 Å². The van der Waals surface area contributed by atoms with E-state index in [1.54, 1.807) is 7.11 Å². The van der Waals surface area contributed by atoms with Crippen molar-refractivity contribution in [3.05, 3.63) is 28.8 Å². The summed E-state index contributed by atoms with van der Waals surface area (Å²) >= 11 is 0. The van der Waals surface area contributed by atoms with E-state index in [2.05, 4.69) is 31.5 Å². The molecule has 3 heteroatoms. The molecule has 0 bridgehead atoms. The van der Waals surface area contributed by atoms with Crippen LogP contribution in [0.2, 0.25) is 0 Å². The molecule has 0 saturated carbocycles. The summed E-state index contributed by atoms with van der Waals surface area (Å²) in [5.74, 6) is 1.30. The minimum absolute atomic E-state index is 0.412. The molecule has 0 saturated heterocycles. The number of methoxy groups -OCH3 is 1. The first-order valence-corrected chi connectivity index (χ1v) is 5.15. The van der Waals surface area contributed by atoms with E-state index in [0.29, 0.717) is 12.5 Å². The lowest BCUT2D eigenvalue weighted by atomic mass is 9.96. The number of nitrogens with one attached hydrogen (secondary N) is 1. The van der Waals surface area contributed by atoms with Crippen LogP contribution in [0.1, 0.15) is 36.5 Å². The van der Waals surface area contributed by atoms with Crippen LogP contribution in [0, 0.1) is 6.92 Å². The quantitative estimate of drug-likeness (QED) is 0.749. The molecule has 0 spiro atoms. The highest BCUT2D eigenvalue weighted by molar-refractivity contribution is 5.47. The average Bonchev–Trinajstić information content (AvgIpc) is 2.20. The predicted molar refractivity (Wildman–Crippen MR) is 60.4 cm³/mol. The molecule has 0 atom stereocenters. The topological polar surface area (TPSA) is 41.5 Å². The Labute approximate surface area is 91.0 Å². The molecule has 0 fully saturated rings. The van der Waals surface area contributed by atoms with Crippen LogP contribution in [0.15, 0.2) is 12.1 Å². The van der Waals surface area contributed by atoms with Gasteiger partial charge in [-0.15, -0.1) is 0 Å². The molecule has 0 unspecified atom stereocenters. The number of rotatable bonds is 4. The van der Waals surface area contributed by atoms with Crippen molar-refractivity contribution < 1.29 is 9.94 Å². The maximum Gasteiger partial charge on any atom is 0.127 e. The van der Waals surface area contributed by atoms with E-state index in [1.807, 2.05) is 6.92 Å². The molecule has 0 amide bonds. The van der Waals surface area contributed by atoms with Gasteiger partial charge in [0.15, 0.2) is 0 Å². The second kappa shape index (κ2) is 5.14. The number of hydrogen-bond acceptors (Lipinski definition) is 3. The molecule has 1 aromatic rings. The molecule has 1 rings (SSSR count). The van der Waals surface area contributed by atoms with Crippen LogP contribution in [0.3, 0.4) is 0 Å². The third-order valence-electron chi connectivity index (χ3n) is 2.61. The normalized spacial score (nSPS) is 10.8. The number of benzene rings is 1. The van der Waals surface area contributed by atoms with Crippen molar-refractivity contribution in [3.8, 4) is 5.75 Å². The lowest BCUT2D eigenvalue weighted by Crippen LogP contribution is -2.10. The number of ether oxygens (including phenoxy) is 1. The standard InChI is InChI=1S/C12H19NO2/c1-8(2)10-6-5-9(3)11(7-13-14)12(10)15-4/h5-6,8,13-14H,7H2,1-4H3. The molecule has 0 aliphatic rings. The Morgan fingerprint density at radius 2 is 2.07 bits per heavy atom. The molecule has 1 aromatic carbocycles. The van der Waals surface area contributed by atoms with Gasteiger partial charge in [-0.1, -0.05) is 26.0 Å². The molecule has 0 heterocycles. The summed E-state index contributed by atoms with van der Waals surface area (Å²) in [7, 11) is 1.67. The Morgan fingerprint density at radius 3 is 2.53 bits per heavy atom. The van der Waals surface area contributed by atoms with Gasteiger partial charge in [-0.3, -0.25) is 0 Å². The summed E-state index contributed by atoms with van der Waals surface area (Å²) in [5, 5.41) is 8.79. The van der Waals surface area contributed by atoms with Crippen LogP contribution >= 0.6 is 0 Å². The second-order valence-electron chi connectivity index (χ2n) is 3.97. The van der Waals surface area contributed by atoms with Crippen molar-refractivity contribution >= 4 is 0 Å². The summed E-state index contributed by atoms with van der Waals surface area (Å²) in [6, 6.07) is 4.14. The van der Waals surface area contributed by atoms with E-state index in [9.17, 15) is 0 Å². The first kappa shape index (κ1) is 12.0. The van der Waals surface area contributed by atoms with Crippen LogP contribution in [-0.4, -0.2) is 12.3 Å². The molecule has 0 aliphatic heterocycles. The molecule has 2 N–H and O–H groups in total. The van der Waals surface area contributed by atoms with Crippen LogP contribution in [-0.2, 0) is 6.54 Å². The smallest absolute Gasteiger partial charge is 0.127 e. The van der Waals surface area contributed by atoms with Gasteiger partial charge in [0.05, 0.1) is 7.11 Å². The molecule has 84 valence electrons. The van der Waals surface area contributed by atoms with Crippen LogP contribution in [0.4, 0.5) is 0 Å². The lowest BCUT2D eigenvalue weighted by molar-refractivity contribution is 0.160. The fourth-order valence-corrected chi connectivity index (χ4v) is 1.74. The lowest BCUT2D eigenvalue weighted by Gasteiger charge is -2.17. The monoisotopic (exact) mass is 209 g/mol. The molecular formula is C12H19NO2. The van der Waals surface area contributed by atoms with E-state index in [4.69, 9.17) is 9.94 Å². The van der Waals surface area contributed by atoms with Crippen molar-refractivity contribution in [2.24, 2.45) is 0 Å². The van der Waals surface area contributed by atoms with Gasteiger partial charge in [0, 0.05) is 12.1 Å². The van der Waals surface area contributed by atoms with Crippen molar-refractivity contribution in [3.63, 3.8) is 0 Å². The summed E-state index contributed by atoms with van der Waals surface area (Å²) in [5.41, 5.74) is 5.50. The zero-order valence-electron chi connectivity index (χ0n) is 9.79. The Hall–Kier alpha value is -1.06. The van der Waals surface area contributed by atoms with Gasteiger partial charge in [-0.2, -0.15) is 0 Å². The van der Waals surface area contributed by atoms with Crippen LogP contribution in [0.25, 0.3) is 0 Å². The van der Waals surface area contributed by atoms with Gasteiger partial charge in [-0.05, 0) is 24.0 Å². The summed E-state index contributed by atoms with van der Waals surface area (Å²) < 4.78 is 5.42. The van der Waals surface area contributed by atoms with Gasteiger partial charge in [0.2, 0.25) is 0 Å². The molecule has 0 radical (unpaired) electrons. The Kier molecular flexibility index (Phi) is 4.12. The van der Waals surface area contributed by atoms with Gasteiger partial charge in [0.1, 0.15) is 5.75 Å². The van der Waals surface area contributed by atoms with Crippen molar-refractivity contribution in [2.75, 3.05) is 7.11 Å². The van der Waals surface area contributed by atoms with Crippen molar-refractivity contribution in [1.82, 2.24) is 5.48 Å². The first-order valence-electron chi connectivity index (χ1n) is 5.15. The minimum atomic E-state index is 0.412. The van der Waals surface area contributed by atoms with E-state index in [-0.39, 0.29) is 0 Å². The van der Waals surface area contributed by atoms with E-state index in [0.717, 1.165) is 16.9 Å². The summed E-state index contributed by atoms with van der Waals surface area (Å²) in [4.78, 5) is 0. The largest absolute Gasteiger partial charge is 0.496 e. The van der Waals surface area contributed by atoms with Crippen LogP contribution in [0.5, 0.6) is 5.75 Å². The fourth-order valence-electron chi connectivity index (χ4n) is 1.74. The number of aryl methyl sites for hydroxylation is 1. The summed E-state index contributed by atoms with van der Waals surface area (Å²) in [6.07, 6.45) is 0.